The number of halogens is 3. The average Bonchev–Trinajstić information content (AvgIpc) is 2.46. The molecule has 0 saturated heterocycles. The highest BCUT2D eigenvalue weighted by Gasteiger charge is 2.30. The smallest absolute Gasteiger partial charge is 0.380 e. The standard InChI is InChI=1S/C16H16F3NS/c1-2-21-15-9-4-3-8-14(15)20-11-12-6-5-7-13(10-12)16(17,18)19/h3-10,20H,2,11H2,1H3. The summed E-state index contributed by atoms with van der Waals surface area (Å²) in [6.45, 7) is 2.43. The summed E-state index contributed by atoms with van der Waals surface area (Å²) in [4.78, 5) is 1.10. The van der Waals surface area contributed by atoms with Gasteiger partial charge in [0, 0.05) is 17.1 Å². The molecule has 21 heavy (non-hydrogen) atoms. The van der Waals surface area contributed by atoms with Crippen molar-refractivity contribution in [3.05, 3.63) is 59.7 Å². The van der Waals surface area contributed by atoms with Gasteiger partial charge in [-0.05, 0) is 35.6 Å². The van der Waals surface area contributed by atoms with Crippen LogP contribution in [0.15, 0.2) is 53.4 Å². The normalized spacial score (nSPS) is 11.4. The molecule has 0 unspecified atom stereocenters. The van der Waals surface area contributed by atoms with Crippen LogP contribution in [-0.4, -0.2) is 5.75 Å². The second kappa shape index (κ2) is 6.89. The van der Waals surface area contributed by atoms with Gasteiger partial charge >= 0.3 is 6.18 Å². The molecule has 0 radical (unpaired) electrons. The number of para-hydroxylation sites is 1. The molecule has 2 rings (SSSR count). The van der Waals surface area contributed by atoms with E-state index in [1.165, 1.54) is 12.1 Å². The van der Waals surface area contributed by atoms with E-state index in [0.29, 0.717) is 12.1 Å². The number of hydrogen-bond acceptors (Lipinski definition) is 2. The van der Waals surface area contributed by atoms with Crippen molar-refractivity contribution in [3.8, 4) is 0 Å². The topological polar surface area (TPSA) is 12.0 Å². The molecule has 0 amide bonds. The molecule has 2 aromatic rings. The number of nitrogens with one attached hydrogen (secondary N) is 1. The molecule has 0 saturated carbocycles. The first-order chi connectivity index (χ1) is 10.0. The van der Waals surface area contributed by atoms with Gasteiger partial charge in [-0.3, -0.25) is 0 Å². The van der Waals surface area contributed by atoms with Crippen molar-refractivity contribution in [2.24, 2.45) is 0 Å². The first kappa shape index (κ1) is 15.8. The lowest BCUT2D eigenvalue weighted by Crippen LogP contribution is -2.07. The maximum absolute atomic E-state index is 12.7. The van der Waals surface area contributed by atoms with E-state index < -0.39 is 11.7 Å². The van der Waals surface area contributed by atoms with Crippen molar-refractivity contribution < 1.29 is 13.2 Å². The molecular weight excluding hydrogens is 295 g/mol. The van der Waals surface area contributed by atoms with Crippen LogP contribution in [0.4, 0.5) is 18.9 Å². The van der Waals surface area contributed by atoms with Crippen molar-refractivity contribution in [1.29, 1.82) is 0 Å². The minimum atomic E-state index is -4.30. The summed E-state index contributed by atoms with van der Waals surface area (Å²) in [5, 5.41) is 3.20. The minimum absolute atomic E-state index is 0.366. The highest BCUT2D eigenvalue weighted by Crippen LogP contribution is 2.30. The van der Waals surface area contributed by atoms with Gasteiger partial charge in [-0.15, -0.1) is 11.8 Å². The van der Waals surface area contributed by atoms with Crippen LogP contribution in [0.3, 0.4) is 0 Å². The van der Waals surface area contributed by atoms with E-state index in [1.807, 2.05) is 24.3 Å². The number of anilines is 1. The van der Waals surface area contributed by atoms with Crippen LogP contribution in [0, 0.1) is 0 Å². The van der Waals surface area contributed by atoms with Crippen LogP contribution < -0.4 is 5.32 Å². The molecule has 0 fully saturated rings. The number of thioether (sulfide) groups is 1. The van der Waals surface area contributed by atoms with E-state index in [-0.39, 0.29) is 0 Å². The third-order valence-corrected chi connectivity index (χ3v) is 3.88. The Hall–Kier alpha value is -1.62. The Morgan fingerprint density at radius 1 is 1.05 bits per heavy atom. The molecule has 1 N–H and O–H groups in total. The van der Waals surface area contributed by atoms with Crippen molar-refractivity contribution >= 4 is 17.4 Å². The molecule has 0 aliphatic heterocycles. The highest BCUT2D eigenvalue weighted by molar-refractivity contribution is 7.99. The Morgan fingerprint density at radius 2 is 1.81 bits per heavy atom. The number of hydrogen-bond donors (Lipinski definition) is 1. The molecular formula is C16H16F3NS. The summed E-state index contributed by atoms with van der Waals surface area (Å²) in [6.07, 6.45) is -4.30. The van der Waals surface area contributed by atoms with Crippen molar-refractivity contribution in [2.45, 2.75) is 24.5 Å². The fraction of sp³-hybridized carbons (Fsp3) is 0.250. The molecule has 5 heteroatoms. The average molecular weight is 311 g/mol. The van der Waals surface area contributed by atoms with Crippen molar-refractivity contribution in [1.82, 2.24) is 0 Å². The summed E-state index contributed by atoms with van der Waals surface area (Å²) in [5.74, 6) is 0.947. The maximum atomic E-state index is 12.7. The third kappa shape index (κ3) is 4.43. The Bertz CT molecular complexity index is 596. The van der Waals surface area contributed by atoms with E-state index in [1.54, 1.807) is 17.8 Å². The van der Waals surface area contributed by atoms with E-state index in [2.05, 4.69) is 12.2 Å². The van der Waals surface area contributed by atoms with Gasteiger partial charge in [0.25, 0.3) is 0 Å². The Kier molecular flexibility index (Phi) is 5.17. The van der Waals surface area contributed by atoms with Gasteiger partial charge in [0.15, 0.2) is 0 Å². The van der Waals surface area contributed by atoms with Crippen LogP contribution in [-0.2, 0) is 12.7 Å². The number of alkyl halides is 3. The Labute approximate surface area is 126 Å². The van der Waals surface area contributed by atoms with Crippen LogP contribution >= 0.6 is 11.8 Å². The van der Waals surface area contributed by atoms with Gasteiger partial charge in [0.1, 0.15) is 0 Å². The van der Waals surface area contributed by atoms with Gasteiger partial charge in [-0.2, -0.15) is 13.2 Å². The summed E-state index contributed by atoms with van der Waals surface area (Å²) >= 11 is 1.70. The zero-order valence-corrected chi connectivity index (χ0v) is 12.4. The van der Waals surface area contributed by atoms with E-state index in [9.17, 15) is 13.2 Å². The third-order valence-electron chi connectivity index (χ3n) is 2.92. The monoisotopic (exact) mass is 311 g/mol. The predicted octanol–water partition coefficient (Wildman–Crippen LogP) is 5.43. The van der Waals surface area contributed by atoms with Crippen LogP contribution in [0.2, 0.25) is 0 Å². The van der Waals surface area contributed by atoms with Crippen LogP contribution in [0.1, 0.15) is 18.1 Å². The SMILES string of the molecule is CCSc1ccccc1NCc1cccc(C(F)(F)F)c1. The summed E-state index contributed by atoms with van der Waals surface area (Å²) in [7, 11) is 0. The molecule has 112 valence electrons. The Balaban J connectivity index is 2.10. The second-order valence-electron chi connectivity index (χ2n) is 4.48. The molecule has 2 aromatic carbocycles. The van der Waals surface area contributed by atoms with Crippen molar-refractivity contribution in [2.75, 3.05) is 11.1 Å². The molecule has 0 aliphatic carbocycles. The Morgan fingerprint density at radius 3 is 2.52 bits per heavy atom. The largest absolute Gasteiger partial charge is 0.416 e. The first-order valence-corrected chi connectivity index (χ1v) is 7.61. The fourth-order valence-electron chi connectivity index (χ4n) is 1.95. The van der Waals surface area contributed by atoms with Crippen LogP contribution in [0.5, 0.6) is 0 Å². The molecule has 1 nitrogen and oxygen atoms in total. The lowest BCUT2D eigenvalue weighted by Gasteiger charge is -2.12. The molecule has 0 spiro atoms. The lowest BCUT2D eigenvalue weighted by atomic mass is 10.1. The summed E-state index contributed by atoms with van der Waals surface area (Å²) < 4.78 is 38.0. The first-order valence-electron chi connectivity index (χ1n) is 6.62. The minimum Gasteiger partial charge on any atom is -0.380 e. The fourth-order valence-corrected chi connectivity index (χ4v) is 2.73. The van der Waals surface area contributed by atoms with Gasteiger partial charge in [0.05, 0.1) is 5.56 Å². The molecule has 0 bridgehead atoms. The molecule has 0 atom stereocenters. The summed E-state index contributed by atoms with van der Waals surface area (Å²) in [5.41, 5.74) is 0.945. The van der Waals surface area contributed by atoms with E-state index in [0.717, 1.165) is 22.4 Å². The van der Waals surface area contributed by atoms with Gasteiger partial charge < -0.3 is 5.32 Å². The number of rotatable bonds is 5. The zero-order chi connectivity index (χ0) is 15.3. The van der Waals surface area contributed by atoms with Gasteiger partial charge in [-0.25, -0.2) is 0 Å². The molecule has 0 heterocycles. The maximum Gasteiger partial charge on any atom is 0.416 e. The zero-order valence-electron chi connectivity index (χ0n) is 11.6. The molecule has 0 aromatic heterocycles. The quantitative estimate of drug-likeness (QED) is 0.739. The highest BCUT2D eigenvalue weighted by atomic mass is 32.2. The molecule has 0 aliphatic rings. The lowest BCUT2D eigenvalue weighted by molar-refractivity contribution is -0.137. The van der Waals surface area contributed by atoms with Gasteiger partial charge in [-0.1, -0.05) is 31.2 Å². The predicted molar refractivity (Wildman–Crippen MR) is 81.6 cm³/mol. The van der Waals surface area contributed by atoms with Crippen molar-refractivity contribution in [3.63, 3.8) is 0 Å². The second-order valence-corrected chi connectivity index (χ2v) is 5.79. The van der Waals surface area contributed by atoms with E-state index in [4.69, 9.17) is 0 Å². The van der Waals surface area contributed by atoms with E-state index >= 15 is 0 Å². The number of benzene rings is 2. The summed E-state index contributed by atoms with van der Waals surface area (Å²) in [6, 6.07) is 13.2. The van der Waals surface area contributed by atoms with Crippen LogP contribution in [0.25, 0.3) is 0 Å². The van der Waals surface area contributed by atoms with Gasteiger partial charge in [0.2, 0.25) is 0 Å².